The molecule has 0 unspecified atom stereocenters. The lowest BCUT2D eigenvalue weighted by molar-refractivity contribution is -0.384. The monoisotopic (exact) mass is 399 g/mol. The zero-order valence-corrected chi connectivity index (χ0v) is 16.3. The lowest BCUT2D eigenvalue weighted by Crippen LogP contribution is -2.17. The van der Waals surface area contributed by atoms with E-state index in [1.54, 1.807) is 18.2 Å². The van der Waals surface area contributed by atoms with Gasteiger partial charge in [-0.1, -0.05) is 38.4 Å². The van der Waals surface area contributed by atoms with Crippen molar-refractivity contribution in [1.82, 2.24) is 4.98 Å². The average Bonchev–Trinajstić information content (AvgIpc) is 2.60. The van der Waals surface area contributed by atoms with Crippen molar-refractivity contribution in [3.63, 3.8) is 0 Å². The number of anilines is 1. The number of nitro benzene ring substituents is 1. The lowest BCUT2D eigenvalue weighted by Gasteiger charge is -2.21. The number of benzene rings is 2. The SMILES string of the molecule is CC(C)(C)c1cc(=O)[nH]c2cc(NC(=O)c3cc([N+](=O)[O-])ccc3Cl)ccc12. The van der Waals surface area contributed by atoms with Crippen molar-refractivity contribution < 1.29 is 9.72 Å². The summed E-state index contributed by atoms with van der Waals surface area (Å²) in [6, 6.07) is 10.4. The second-order valence-corrected chi connectivity index (χ2v) is 7.84. The molecular formula is C20H18ClN3O4. The largest absolute Gasteiger partial charge is 0.322 e. The summed E-state index contributed by atoms with van der Waals surface area (Å²) in [6.07, 6.45) is 0. The highest BCUT2D eigenvalue weighted by atomic mass is 35.5. The minimum Gasteiger partial charge on any atom is -0.322 e. The number of fused-ring (bicyclic) bond motifs is 1. The number of nitrogens with zero attached hydrogens (tertiary/aromatic N) is 1. The van der Waals surface area contributed by atoms with Gasteiger partial charge in [-0.15, -0.1) is 0 Å². The first-order valence-electron chi connectivity index (χ1n) is 8.49. The highest BCUT2D eigenvalue weighted by molar-refractivity contribution is 6.34. The normalized spacial score (nSPS) is 11.4. The van der Waals surface area contributed by atoms with Gasteiger partial charge in [0.25, 0.3) is 11.6 Å². The van der Waals surface area contributed by atoms with Gasteiger partial charge >= 0.3 is 0 Å². The third kappa shape index (κ3) is 3.89. The number of pyridine rings is 1. The summed E-state index contributed by atoms with van der Waals surface area (Å²) in [7, 11) is 0. The van der Waals surface area contributed by atoms with E-state index >= 15 is 0 Å². The number of carbonyl (C=O) groups is 1. The Hall–Kier alpha value is -3.19. The van der Waals surface area contributed by atoms with Gasteiger partial charge in [-0.3, -0.25) is 19.7 Å². The fourth-order valence-electron chi connectivity index (χ4n) is 2.96. The topological polar surface area (TPSA) is 105 Å². The van der Waals surface area contributed by atoms with Crippen molar-refractivity contribution in [2.24, 2.45) is 0 Å². The van der Waals surface area contributed by atoms with Gasteiger partial charge in [-0.25, -0.2) is 0 Å². The molecule has 8 heteroatoms. The molecule has 3 aromatic rings. The number of hydrogen-bond donors (Lipinski definition) is 2. The van der Waals surface area contributed by atoms with Crippen LogP contribution in [0.25, 0.3) is 10.9 Å². The van der Waals surface area contributed by atoms with Gasteiger partial charge in [0.2, 0.25) is 5.56 Å². The molecular weight excluding hydrogens is 382 g/mol. The van der Waals surface area contributed by atoms with Crippen LogP contribution in [0.4, 0.5) is 11.4 Å². The third-order valence-corrected chi connectivity index (χ3v) is 4.64. The number of H-pyrrole nitrogens is 1. The fraction of sp³-hybridized carbons (Fsp3) is 0.200. The van der Waals surface area contributed by atoms with Gasteiger partial charge in [-0.2, -0.15) is 0 Å². The van der Waals surface area contributed by atoms with E-state index in [1.165, 1.54) is 12.1 Å². The summed E-state index contributed by atoms with van der Waals surface area (Å²) in [4.78, 5) is 37.7. The number of aromatic amines is 1. The zero-order chi connectivity index (χ0) is 20.6. The molecule has 7 nitrogen and oxygen atoms in total. The third-order valence-electron chi connectivity index (χ3n) is 4.31. The molecule has 28 heavy (non-hydrogen) atoms. The molecule has 0 saturated heterocycles. The molecule has 1 amide bonds. The Morgan fingerprint density at radius 3 is 2.50 bits per heavy atom. The quantitative estimate of drug-likeness (QED) is 0.494. The van der Waals surface area contributed by atoms with Gasteiger partial charge in [0, 0.05) is 29.3 Å². The molecule has 1 heterocycles. The van der Waals surface area contributed by atoms with Crippen LogP contribution in [0.3, 0.4) is 0 Å². The van der Waals surface area contributed by atoms with Gasteiger partial charge in [-0.05, 0) is 29.2 Å². The molecule has 0 spiro atoms. The number of halogens is 1. The Bertz CT molecular complexity index is 1160. The maximum atomic E-state index is 12.5. The first kappa shape index (κ1) is 19.6. The van der Waals surface area contributed by atoms with Crippen molar-refractivity contribution in [2.75, 3.05) is 5.32 Å². The predicted octanol–water partition coefficient (Wildman–Crippen LogP) is 4.64. The Labute approximate surface area is 165 Å². The minimum atomic E-state index is -0.595. The Balaban J connectivity index is 2.00. The predicted molar refractivity (Wildman–Crippen MR) is 109 cm³/mol. The number of nitrogens with one attached hydrogen (secondary N) is 2. The fourth-order valence-corrected chi connectivity index (χ4v) is 3.16. The summed E-state index contributed by atoms with van der Waals surface area (Å²) in [5, 5.41) is 14.6. The van der Waals surface area contributed by atoms with Crippen LogP contribution in [0.5, 0.6) is 0 Å². The molecule has 144 valence electrons. The van der Waals surface area contributed by atoms with Crippen molar-refractivity contribution in [1.29, 1.82) is 0 Å². The maximum Gasteiger partial charge on any atom is 0.270 e. The first-order valence-corrected chi connectivity index (χ1v) is 8.87. The zero-order valence-electron chi connectivity index (χ0n) is 15.5. The van der Waals surface area contributed by atoms with Gasteiger partial charge in [0.1, 0.15) is 0 Å². The van der Waals surface area contributed by atoms with Crippen LogP contribution in [-0.4, -0.2) is 15.8 Å². The molecule has 0 saturated carbocycles. The van der Waals surface area contributed by atoms with Crippen LogP contribution in [0.15, 0.2) is 47.3 Å². The van der Waals surface area contributed by atoms with E-state index in [4.69, 9.17) is 11.6 Å². The van der Waals surface area contributed by atoms with Crippen LogP contribution in [0.1, 0.15) is 36.7 Å². The average molecular weight is 400 g/mol. The van der Waals surface area contributed by atoms with Crippen LogP contribution in [0.2, 0.25) is 5.02 Å². The Kier molecular flexibility index (Phi) is 4.95. The van der Waals surface area contributed by atoms with Crippen LogP contribution >= 0.6 is 11.6 Å². The summed E-state index contributed by atoms with van der Waals surface area (Å²) in [5.41, 5.74) is 1.21. The molecule has 1 aromatic heterocycles. The van der Waals surface area contributed by atoms with E-state index in [-0.39, 0.29) is 27.2 Å². The van der Waals surface area contributed by atoms with E-state index in [9.17, 15) is 19.7 Å². The maximum absolute atomic E-state index is 12.5. The van der Waals surface area contributed by atoms with E-state index < -0.39 is 10.8 Å². The van der Waals surface area contributed by atoms with Crippen molar-refractivity contribution >= 4 is 39.8 Å². The number of rotatable bonds is 3. The first-order chi connectivity index (χ1) is 13.1. The molecule has 0 aliphatic rings. The number of nitro groups is 1. The van der Waals surface area contributed by atoms with Gasteiger partial charge in [0.15, 0.2) is 0 Å². The lowest BCUT2D eigenvalue weighted by atomic mass is 9.85. The summed E-state index contributed by atoms with van der Waals surface area (Å²) >= 11 is 6.02. The molecule has 2 N–H and O–H groups in total. The van der Waals surface area contributed by atoms with Crippen LogP contribution < -0.4 is 10.9 Å². The van der Waals surface area contributed by atoms with Gasteiger partial charge < -0.3 is 10.3 Å². The smallest absolute Gasteiger partial charge is 0.270 e. The minimum absolute atomic E-state index is 0.00657. The van der Waals surface area contributed by atoms with E-state index in [0.717, 1.165) is 17.0 Å². The van der Waals surface area contributed by atoms with E-state index in [2.05, 4.69) is 10.3 Å². The summed E-state index contributed by atoms with van der Waals surface area (Å²) in [5.74, 6) is -0.581. The van der Waals surface area contributed by atoms with Crippen molar-refractivity contribution in [3.05, 3.63) is 79.1 Å². The molecule has 3 rings (SSSR count). The number of non-ortho nitro benzene ring substituents is 1. The number of hydrogen-bond acceptors (Lipinski definition) is 4. The number of aromatic nitrogens is 1. The highest BCUT2D eigenvalue weighted by Crippen LogP contribution is 2.29. The second kappa shape index (κ2) is 7.09. The van der Waals surface area contributed by atoms with E-state index in [1.807, 2.05) is 26.8 Å². The summed E-state index contributed by atoms with van der Waals surface area (Å²) in [6.45, 7) is 6.05. The molecule has 0 aliphatic heterocycles. The van der Waals surface area contributed by atoms with Crippen molar-refractivity contribution in [2.45, 2.75) is 26.2 Å². The Morgan fingerprint density at radius 1 is 1.14 bits per heavy atom. The Morgan fingerprint density at radius 2 is 1.86 bits per heavy atom. The highest BCUT2D eigenvalue weighted by Gasteiger charge is 2.19. The molecule has 0 radical (unpaired) electrons. The van der Waals surface area contributed by atoms with Gasteiger partial charge in [0.05, 0.1) is 21.0 Å². The molecule has 0 fully saturated rings. The molecule has 0 aliphatic carbocycles. The second-order valence-electron chi connectivity index (χ2n) is 7.43. The van der Waals surface area contributed by atoms with Crippen molar-refractivity contribution in [3.8, 4) is 0 Å². The van der Waals surface area contributed by atoms with Crippen LogP contribution in [0, 0.1) is 10.1 Å². The molecule has 0 atom stereocenters. The summed E-state index contributed by atoms with van der Waals surface area (Å²) < 4.78 is 0. The number of carbonyl (C=O) groups excluding carboxylic acids is 1. The molecule has 0 bridgehead atoms. The standard InChI is InChI=1S/C20H18ClN3O4/c1-20(2,3)15-10-18(25)23-17-8-11(4-6-13(15)17)22-19(26)14-9-12(24(27)28)5-7-16(14)21/h4-10H,1-3H3,(H,22,26)(H,23,25). The van der Waals surface area contributed by atoms with E-state index in [0.29, 0.717) is 11.2 Å². The molecule has 2 aromatic carbocycles. The number of amides is 1. The van der Waals surface area contributed by atoms with Crippen LogP contribution in [-0.2, 0) is 5.41 Å².